The summed E-state index contributed by atoms with van der Waals surface area (Å²) in [4.78, 5) is 13.7. The monoisotopic (exact) mass is 367 g/mol. The standard InChI is InChI=1S/C23H45NO2/c1-4-7-9-11-13-15-19-24(20-16-14-12-10-8-5-2)21-17-18-22-26-23(25)6-3/h6H,3-5,7-22H2,1-2H3. The lowest BCUT2D eigenvalue weighted by molar-refractivity contribution is -0.137. The summed E-state index contributed by atoms with van der Waals surface area (Å²) in [6.45, 7) is 12.1. The molecule has 0 amide bonds. The second-order valence-corrected chi connectivity index (χ2v) is 7.46. The molecule has 0 atom stereocenters. The van der Waals surface area contributed by atoms with Crippen molar-refractivity contribution in [3.63, 3.8) is 0 Å². The predicted octanol–water partition coefficient (Wildman–Crippen LogP) is 6.52. The molecule has 154 valence electrons. The maximum absolute atomic E-state index is 11.1. The van der Waals surface area contributed by atoms with Crippen LogP contribution >= 0.6 is 0 Å². The van der Waals surface area contributed by atoms with E-state index in [1.807, 2.05) is 0 Å². The van der Waals surface area contributed by atoms with Gasteiger partial charge in [-0.1, -0.05) is 84.6 Å². The first kappa shape index (κ1) is 25.2. The zero-order valence-electron chi connectivity index (χ0n) is 17.8. The highest BCUT2D eigenvalue weighted by atomic mass is 16.5. The van der Waals surface area contributed by atoms with Gasteiger partial charge >= 0.3 is 5.97 Å². The molecule has 0 heterocycles. The van der Waals surface area contributed by atoms with Crippen molar-refractivity contribution in [3.05, 3.63) is 12.7 Å². The summed E-state index contributed by atoms with van der Waals surface area (Å²) in [6.07, 6.45) is 19.6. The van der Waals surface area contributed by atoms with Crippen molar-refractivity contribution in [1.82, 2.24) is 4.90 Å². The van der Waals surface area contributed by atoms with Crippen LogP contribution in [-0.2, 0) is 9.53 Å². The van der Waals surface area contributed by atoms with Crippen molar-refractivity contribution < 1.29 is 9.53 Å². The van der Waals surface area contributed by atoms with E-state index in [0.29, 0.717) is 6.61 Å². The molecule has 0 aliphatic heterocycles. The quantitative estimate of drug-likeness (QED) is 0.139. The Morgan fingerprint density at radius 2 is 1.15 bits per heavy atom. The number of unbranched alkanes of at least 4 members (excludes halogenated alkanes) is 11. The molecule has 0 aliphatic carbocycles. The van der Waals surface area contributed by atoms with Gasteiger partial charge in [-0.05, 0) is 45.3 Å². The SMILES string of the molecule is C=CC(=O)OCCCCN(CCCCCCCC)CCCCCCCC. The molecular formula is C23H45NO2. The van der Waals surface area contributed by atoms with E-state index in [4.69, 9.17) is 4.74 Å². The maximum atomic E-state index is 11.1. The van der Waals surface area contributed by atoms with Crippen molar-refractivity contribution in [2.75, 3.05) is 26.2 Å². The van der Waals surface area contributed by atoms with Gasteiger partial charge in [0.2, 0.25) is 0 Å². The van der Waals surface area contributed by atoms with Crippen LogP contribution in [0.5, 0.6) is 0 Å². The van der Waals surface area contributed by atoms with Gasteiger partial charge in [0.25, 0.3) is 0 Å². The van der Waals surface area contributed by atoms with Crippen LogP contribution < -0.4 is 0 Å². The van der Waals surface area contributed by atoms with Crippen LogP contribution in [-0.4, -0.2) is 37.1 Å². The van der Waals surface area contributed by atoms with Crippen molar-refractivity contribution in [3.8, 4) is 0 Å². The molecule has 26 heavy (non-hydrogen) atoms. The molecule has 0 unspecified atom stereocenters. The third kappa shape index (κ3) is 18.0. The molecule has 0 aromatic heterocycles. The minimum Gasteiger partial charge on any atom is -0.463 e. The highest BCUT2D eigenvalue weighted by molar-refractivity contribution is 5.81. The Kier molecular flexibility index (Phi) is 19.8. The van der Waals surface area contributed by atoms with E-state index in [9.17, 15) is 4.79 Å². The molecule has 0 N–H and O–H groups in total. The number of nitrogens with zero attached hydrogens (tertiary/aromatic N) is 1. The highest BCUT2D eigenvalue weighted by Gasteiger charge is 2.05. The fourth-order valence-corrected chi connectivity index (χ4v) is 3.24. The Labute approximate surface area is 163 Å². The number of esters is 1. The lowest BCUT2D eigenvalue weighted by Gasteiger charge is -2.22. The Morgan fingerprint density at radius 1 is 0.731 bits per heavy atom. The molecular weight excluding hydrogens is 322 g/mol. The predicted molar refractivity (Wildman–Crippen MR) is 114 cm³/mol. The Bertz CT molecular complexity index is 301. The number of carbonyl (C=O) groups is 1. The maximum Gasteiger partial charge on any atom is 0.330 e. The van der Waals surface area contributed by atoms with Gasteiger partial charge < -0.3 is 9.64 Å². The molecule has 0 aromatic carbocycles. The zero-order chi connectivity index (χ0) is 19.3. The van der Waals surface area contributed by atoms with E-state index < -0.39 is 0 Å². The number of rotatable bonds is 20. The van der Waals surface area contributed by atoms with E-state index in [-0.39, 0.29) is 5.97 Å². The molecule has 0 aliphatic rings. The van der Waals surface area contributed by atoms with E-state index in [1.54, 1.807) is 0 Å². The molecule has 0 spiro atoms. The lowest BCUT2D eigenvalue weighted by Crippen LogP contribution is -2.27. The smallest absolute Gasteiger partial charge is 0.330 e. The number of carbonyl (C=O) groups excluding carboxylic acids is 1. The molecule has 0 fully saturated rings. The lowest BCUT2D eigenvalue weighted by atomic mass is 10.1. The molecule has 3 nitrogen and oxygen atoms in total. The Morgan fingerprint density at radius 3 is 1.62 bits per heavy atom. The van der Waals surface area contributed by atoms with Crippen LogP contribution in [0.4, 0.5) is 0 Å². The summed E-state index contributed by atoms with van der Waals surface area (Å²) in [7, 11) is 0. The van der Waals surface area contributed by atoms with Crippen LogP contribution in [0, 0.1) is 0 Å². The van der Waals surface area contributed by atoms with Gasteiger partial charge in [0.1, 0.15) is 0 Å². The molecule has 0 rings (SSSR count). The van der Waals surface area contributed by atoms with Gasteiger partial charge in [-0.25, -0.2) is 4.79 Å². The number of hydrogen-bond donors (Lipinski definition) is 0. The van der Waals surface area contributed by atoms with Gasteiger partial charge in [-0.3, -0.25) is 0 Å². The highest BCUT2D eigenvalue weighted by Crippen LogP contribution is 2.10. The van der Waals surface area contributed by atoms with Gasteiger partial charge in [0, 0.05) is 6.08 Å². The third-order valence-corrected chi connectivity index (χ3v) is 4.94. The van der Waals surface area contributed by atoms with Crippen molar-refractivity contribution in [1.29, 1.82) is 0 Å². The second kappa shape index (κ2) is 20.5. The molecule has 0 aromatic rings. The first-order valence-electron chi connectivity index (χ1n) is 11.3. The van der Waals surface area contributed by atoms with Gasteiger partial charge in [-0.2, -0.15) is 0 Å². The average Bonchev–Trinajstić information content (AvgIpc) is 2.65. The van der Waals surface area contributed by atoms with Crippen LogP contribution in [0.2, 0.25) is 0 Å². The largest absolute Gasteiger partial charge is 0.463 e. The van der Waals surface area contributed by atoms with Crippen LogP contribution in [0.15, 0.2) is 12.7 Å². The van der Waals surface area contributed by atoms with Gasteiger partial charge in [0.05, 0.1) is 6.61 Å². The topological polar surface area (TPSA) is 29.5 Å². The number of ether oxygens (including phenoxy) is 1. The fraction of sp³-hybridized carbons (Fsp3) is 0.870. The molecule has 0 saturated heterocycles. The summed E-state index contributed by atoms with van der Waals surface area (Å²) in [5.41, 5.74) is 0. The van der Waals surface area contributed by atoms with Gasteiger partial charge in [0.15, 0.2) is 0 Å². The first-order valence-corrected chi connectivity index (χ1v) is 11.3. The van der Waals surface area contributed by atoms with Crippen molar-refractivity contribution in [2.24, 2.45) is 0 Å². The Balaban J connectivity index is 3.87. The van der Waals surface area contributed by atoms with E-state index in [0.717, 1.165) is 19.4 Å². The number of hydrogen-bond acceptors (Lipinski definition) is 3. The van der Waals surface area contributed by atoms with Crippen molar-refractivity contribution in [2.45, 2.75) is 104 Å². The summed E-state index contributed by atoms with van der Waals surface area (Å²) >= 11 is 0. The normalized spacial score (nSPS) is 11.0. The van der Waals surface area contributed by atoms with E-state index >= 15 is 0 Å². The van der Waals surface area contributed by atoms with Crippen LogP contribution in [0.3, 0.4) is 0 Å². The molecule has 3 heteroatoms. The minimum atomic E-state index is -0.305. The van der Waals surface area contributed by atoms with Crippen molar-refractivity contribution >= 4 is 5.97 Å². The summed E-state index contributed by atoms with van der Waals surface area (Å²) in [6, 6.07) is 0. The molecule has 0 bridgehead atoms. The molecule has 0 radical (unpaired) electrons. The fourth-order valence-electron chi connectivity index (χ4n) is 3.24. The Hall–Kier alpha value is -0.830. The van der Waals surface area contributed by atoms with Gasteiger partial charge in [-0.15, -0.1) is 0 Å². The molecule has 0 saturated carbocycles. The second-order valence-electron chi connectivity index (χ2n) is 7.46. The summed E-state index contributed by atoms with van der Waals surface area (Å²) in [5, 5.41) is 0. The van der Waals surface area contributed by atoms with Crippen LogP contribution in [0.25, 0.3) is 0 Å². The average molecular weight is 368 g/mol. The summed E-state index contributed by atoms with van der Waals surface area (Å²) < 4.78 is 5.07. The summed E-state index contributed by atoms with van der Waals surface area (Å²) in [5.74, 6) is -0.305. The van der Waals surface area contributed by atoms with E-state index in [2.05, 4.69) is 25.3 Å². The first-order chi connectivity index (χ1) is 12.7. The third-order valence-electron chi connectivity index (χ3n) is 4.94. The zero-order valence-corrected chi connectivity index (χ0v) is 17.8. The minimum absolute atomic E-state index is 0.305. The van der Waals surface area contributed by atoms with Crippen LogP contribution in [0.1, 0.15) is 104 Å². The van der Waals surface area contributed by atoms with E-state index in [1.165, 1.54) is 96.2 Å².